The maximum atomic E-state index is 12.2. The summed E-state index contributed by atoms with van der Waals surface area (Å²) in [5.41, 5.74) is 0.998. The summed E-state index contributed by atoms with van der Waals surface area (Å²) in [5.74, 6) is -1.18. The summed E-state index contributed by atoms with van der Waals surface area (Å²) in [6.07, 6.45) is 0. The highest BCUT2D eigenvalue weighted by molar-refractivity contribution is 6.05. The Bertz CT molecular complexity index is 952. The molecule has 0 aliphatic carbocycles. The number of benzene rings is 2. The van der Waals surface area contributed by atoms with Crippen molar-refractivity contribution in [3.05, 3.63) is 71.4 Å². The lowest BCUT2D eigenvalue weighted by molar-refractivity contribution is -0.117. The first-order valence-electron chi connectivity index (χ1n) is 7.21. The van der Waals surface area contributed by atoms with Crippen LogP contribution < -0.4 is 5.32 Å². The minimum atomic E-state index is -0.675. The summed E-state index contributed by atoms with van der Waals surface area (Å²) in [7, 11) is 0. The number of amides is 1. The Morgan fingerprint density at radius 2 is 1.88 bits per heavy atom. The highest BCUT2D eigenvalue weighted by atomic mass is 16.5. The van der Waals surface area contributed by atoms with Gasteiger partial charge in [0.15, 0.2) is 22.6 Å². The van der Waals surface area contributed by atoms with Crippen molar-refractivity contribution in [2.75, 3.05) is 0 Å². The van der Waals surface area contributed by atoms with Crippen LogP contribution >= 0.6 is 0 Å². The van der Waals surface area contributed by atoms with Gasteiger partial charge in [0, 0.05) is 6.54 Å². The van der Waals surface area contributed by atoms with Crippen molar-refractivity contribution in [1.82, 2.24) is 10.5 Å². The van der Waals surface area contributed by atoms with Crippen LogP contribution in [0.1, 0.15) is 11.3 Å². The van der Waals surface area contributed by atoms with Gasteiger partial charge in [0.05, 0.1) is 5.39 Å². The van der Waals surface area contributed by atoms with Gasteiger partial charge in [0.25, 0.3) is 5.91 Å². The fourth-order valence-electron chi connectivity index (χ4n) is 2.25. The van der Waals surface area contributed by atoms with E-state index >= 15 is 0 Å². The van der Waals surface area contributed by atoms with E-state index in [0.29, 0.717) is 11.0 Å². The Morgan fingerprint density at radius 3 is 2.62 bits per heavy atom. The lowest BCUT2D eigenvalue weighted by Crippen LogP contribution is -2.24. The van der Waals surface area contributed by atoms with Gasteiger partial charge in [-0.1, -0.05) is 47.6 Å². The van der Waals surface area contributed by atoms with Gasteiger partial charge in [-0.2, -0.15) is 5.26 Å². The Kier molecular flexibility index (Phi) is 4.25. The standard InChI is InChI=1S/C18H13N3O3/c19-10-14(18(23)20-11-12-6-2-1-3-7-12)17(22)16-13-8-4-5-9-15(13)24-21-16/h1-9,22H,11H2,(H,20,23). The second-order valence-corrected chi connectivity index (χ2v) is 5.03. The molecule has 0 aliphatic rings. The number of carbonyl (C=O) groups is 1. The summed E-state index contributed by atoms with van der Waals surface area (Å²) < 4.78 is 5.09. The maximum absolute atomic E-state index is 12.2. The molecule has 0 aliphatic heterocycles. The van der Waals surface area contributed by atoms with Crippen LogP contribution in [0.2, 0.25) is 0 Å². The molecule has 3 aromatic rings. The maximum Gasteiger partial charge on any atom is 0.266 e. The molecule has 0 fully saturated rings. The monoisotopic (exact) mass is 319 g/mol. The van der Waals surface area contributed by atoms with Crippen LogP contribution in [-0.4, -0.2) is 16.2 Å². The van der Waals surface area contributed by atoms with Gasteiger partial charge in [0.1, 0.15) is 6.07 Å². The summed E-state index contributed by atoms with van der Waals surface area (Å²) in [6, 6.07) is 17.9. The number of aromatic nitrogens is 1. The van der Waals surface area contributed by atoms with Gasteiger partial charge in [-0.15, -0.1) is 0 Å². The molecule has 0 unspecified atom stereocenters. The van der Waals surface area contributed by atoms with Crippen molar-refractivity contribution >= 4 is 22.6 Å². The fraction of sp³-hybridized carbons (Fsp3) is 0.0556. The van der Waals surface area contributed by atoms with Crippen molar-refractivity contribution in [3.8, 4) is 6.07 Å². The number of aliphatic hydroxyl groups is 1. The fourth-order valence-corrected chi connectivity index (χ4v) is 2.25. The molecular weight excluding hydrogens is 306 g/mol. The predicted molar refractivity (Wildman–Crippen MR) is 87.5 cm³/mol. The summed E-state index contributed by atoms with van der Waals surface area (Å²) >= 11 is 0. The Balaban J connectivity index is 1.87. The predicted octanol–water partition coefficient (Wildman–Crippen LogP) is 2.94. The molecule has 0 spiro atoms. The smallest absolute Gasteiger partial charge is 0.266 e. The van der Waals surface area contributed by atoms with Crippen LogP contribution in [0.5, 0.6) is 0 Å². The quantitative estimate of drug-likeness (QED) is 0.437. The van der Waals surface area contributed by atoms with E-state index in [1.807, 2.05) is 30.3 Å². The third kappa shape index (κ3) is 2.96. The lowest BCUT2D eigenvalue weighted by Gasteiger charge is -2.05. The largest absolute Gasteiger partial charge is 0.504 e. The lowest BCUT2D eigenvalue weighted by atomic mass is 10.1. The highest BCUT2D eigenvalue weighted by Gasteiger charge is 2.21. The van der Waals surface area contributed by atoms with E-state index < -0.39 is 17.2 Å². The number of hydrogen-bond acceptors (Lipinski definition) is 5. The van der Waals surface area contributed by atoms with Crippen LogP contribution in [0.3, 0.4) is 0 Å². The number of nitrogens with one attached hydrogen (secondary N) is 1. The van der Waals surface area contributed by atoms with Crippen molar-refractivity contribution < 1.29 is 14.4 Å². The van der Waals surface area contributed by atoms with E-state index in [1.165, 1.54) is 0 Å². The second kappa shape index (κ2) is 6.67. The average molecular weight is 319 g/mol. The molecule has 0 saturated heterocycles. The molecule has 0 bridgehead atoms. The molecule has 0 saturated carbocycles. The SMILES string of the molecule is N#CC(C(=O)NCc1ccccc1)=C(O)c1noc2ccccc12. The van der Waals surface area contributed by atoms with E-state index in [0.717, 1.165) is 5.56 Å². The highest BCUT2D eigenvalue weighted by Crippen LogP contribution is 2.24. The van der Waals surface area contributed by atoms with E-state index in [2.05, 4.69) is 10.5 Å². The number of rotatable bonds is 4. The molecule has 1 amide bonds. The molecule has 24 heavy (non-hydrogen) atoms. The molecular formula is C18H13N3O3. The third-order valence-electron chi connectivity index (χ3n) is 3.47. The second-order valence-electron chi connectivity index (χ2n) is 5.03. The molecule has 0 atom stereocenters. The van der Waals surface area contributed by atoms with Gasteiger partial charge in [-0.25, -0.2) is 0 Å². The molecule has 6 nitrogen and oxygen atoms in total. The first-order chi connectivity index (χ1) is 11.7. The molecule has 1 aromatic heterocycles. The number of para-hydroxylation sites is 1. The van der Waals surface area contributed by atoms with Crippen molar-refractivity contribution in [3.63, 3.8) is 0 Å². The topological polar surface area (TPSA) is 99.2 Å². The molecule has 2 N–H and O–H groups in total. The molecule has 1 heterocycles. The zero-order chi connectivity index (χ0) is 16.9. The number of hydrogen-bond donors (Lipinski definition) is 2. The molecule has 118 valence electrons. The average Bonchev–Trinajstić information content (AvgIpc) is 3.05. The molecule has 6 heteroatoms. The Morgan fingerprint density at radius 1 is 1.17 bits per heavy atom. The van der Waals surface area contributed by atoms with E-state index in [1.54, 1.807) is 30.3 Å². The van der Waals surface area contributed by atoms with E-state index in [-0.39, 0.29) is 12.2 Å². The zero-order valence-electron chi connectivity index (χ0n) is 12.6. The number of aliphatic hydroxyl groups excluding tert-OH is 1. The summed E-state index contributed by atoms with van der Waals surface area (Å²) in [4.78, 5) is 12.2. The van der Waals surface area contributed by atoms with E-state index in [9.17, 15) is 15.2 Å². The summed E-state index contributed by atoms with van der Waals surface area (Å²) in [5, 5.41) is 26.4. The van der Waals surface area contributed by atoms with Crippen LogP contribution in [0, 0.1) is 11.3 Å². The zero-order valence-corrected chi connectivity index (χ0v) is 12.6. The third-order valence-corrected chi connectivity index (χ3v) is 3.47. The normalized spacial score (nSPS) is 11.6. The van der Waals surface area contributed by atoms with E-state index in [4.69, 9.17) is 4.52 Å². The minimum Gasteiger partial charge on any atom is -0.504 e. The molecule has 3 rings (SSSR count). The van der Waals surface area contributed by atoms with Crippen molar-refractivity contribution in [1.29, 1.82) is 5.26 Å². The number of nitrogens with zero attached hydrogens (tertiary/aromatic N) is 2. The number of fused-ring (bicyclic) bond motifs is 1. The Labute approximate surface area is 137 Å². The van der Waals surface area contributed by atoms with Crippen LogP contribution in [0.4, 0.5) is 0 Å². The molecule has 0 radical (unpaired) electrons. The van der Waals surface area contributed by atoms with Gasteiger partial charge >= 0.3 is 0 Å². The summed E-state index contributed by atoms with van der Waals surface area (Å²) in [6.45, 7) is 0.248. The number of nitriles is 1. The van der Waals surface area contributed by atoms with Gasteiger partial charge < -0.3 is 14.9 Å². The van der Waals surface area contributed by atoms with Crippen LogP contribution in [-0.2, 0) is 11.3 Å². The Hall–Kier alpha value is -3.59. The first-order valence-corrected chi connectivity index (χ1v) is 7.21. The minimum absolute atomic E-state index is 0.0667. The van der Waals surface area contributed by atoms with Crippen LogP contribution in [0.15, 0.2) is 64.7 Å². The van der Waals surface area contributed by atoms with Gasteiger partial charge in [-0.05, 0) is 17.7 Å². The number of carbonyl (C=O) groups excluding carboxylic acids is 1. The van der Waals surface area contributed by atoms with Crippen LogP contribution in [0.25, 0.3) is 16.7 Å². The molecule has 2 aromatic carbocycles. The first kappa shape index (κ1) is 15.3. The van der Waals surface area contributed by atoms with Gasteiger partial charge in [0.2, 0.25) is 0 Å². The van der Waals surface area contributed by atoms with Crippen molar-refractivity contribution in [2.45, 2.75) is 6.54 Å². The van der Waals surface area contributed by atoms with Gasteiger partial charge in [-0.3, -0.25) is 4.79 Å². The van der Waals surface area contributed by atoms with Crippen molar-refractivity contribution in [2.24, 2.45) is 0 Å².